The van der Waals surface area contributed by atoms with E-state index in [1.807, 2.05) is 0 Å². The van der Waals surface area contributed by atoms with Crippen molar-refractivity contribution in [2.24, 2.45) is 5.73 Å². The van der Waals surface area contributed by atoms with Crippen LogP contribution in [0.4, 0.5) is 0 Å². The van der Waals surface area contributed by atoms with E-state index in [1.54, 1.807) is 4.90 Å². The molecule has 2 rings (SSSR count). The molecule has 1 aliphatic heterocycles. The maximum Gasteiger partial charge on any atom is 0.270 e. The highest BCUT2D eigenvalue weighted by atomic mass is 16.3. The van der Waals surface area contributed by atoms with E-state index in [0.29, 0.717) is 31.6 Å². The number of likely N-dealkylation sites (tertiary alicyclic amines) is 1. The van der Waals surface area contributed by atoms with E-state index in [9.17, 15) is 9.90 Å². The number of aliphatic hydroxyl groups is 1. The monoisotopic (exact) mass is 237 g/mol. The summed E-state index contributed by atoms with van der Waals surface area (Å²) in [6.45, 7) is 1.11. The lowest BCUT2D eigenvalue weighted by molar-refractivity contribution is -0.129. The minimum absolute atomic E-state index is 0.168. The van der Waals surface area contributed by atoms with Gasteiger partial charge in [0.15, 0.2) is 0 Å². The lowest BCUT2D eigenvalue weighted by Crippen LogP contribution is -2.42. The molecule has 0 atom stereocenters. The first-order chi connectivity index (χ1) is 8.09. The van der Waals surface area contributed by atoms with Crippen molar-refractivity contribution in [1.82, 2.24) is 4.90 Å². The van der Waals surface area contributed by atoms with Crippen LogP contribution in [0.3, 0.4) is 0 Å². The molecule has 0 aromatic rings. The van der Waals surface area contributed by atoms with Crippen molar-refractivity contribution >= 4 is 11.6 Å². The number of hydrogen-bond donors (Lipinski definition) is 3. The van der Waals surface area contributed by atoms with Crippen molar-refractivity contribution in [3.63, 3.8) is 0 Å². The van der Waals surface area contributed by atoms with E-state index in [-0.39, 0.29) is 17.7 Å². The second kappa shape index (κ2) is 4.87. The van der Waals surface area contributed by atoms with E-state index in [2.05, 4.69) is 0 Å². The Bertz CT molecular complexity index is 368. The average molecular weight is 237 g/mol. The van der Waals surface area contributed by atoms with Gasteiger partial charge in [-0.2, -0.15) is 0 Å². The molecule has 0 bridgehead atoms. The maximum absolute atomic E-state index is 12.1. The topological polar surface area (TPSA) is 90.4 Å². The molecule has 17 heavy (non-hydrogen) atoms. The first kappa shape index (κ1) is 12.1. The van der Waals surface area contributed by atoms with E-state index in [0.717, 1.165) is 24.8 Å². The summed E-state index contributed by atoms with van der Waals surface area (Å²) in [4.78, 5) is 13.8. The van der Waals surface area contributed by atoms with E-state index in [4.69, 9.17) is 11.1 Å². The normalized spacial score (nSPS) is 25.2. The van der Waals surface area contributed by atoms with Gasteiger partial charge in [0.05, 0.1) is 6.10 Å². The lowest BCUT2D eigenvalue weighted by atomic mass is 10.1. The zero-order valence-corrected chi connectivity index (χ0v) is 9.91. The van der Waals surface area contributed by atoms with Gasteiger partial charge in [0.2, 0.25) is 0 Å². The first-order valence-corrected chi connectivity index (χ1v) is 6.13. The van der Waals surface area contributed by atoms with Crippen LogP contribution in [0.5, 0.6) is 0 Å². The largest absolute Gasteiger partial charge is 0.394 e. The number of hydrogen-bond acceptors (Lipinski definition) is 4. The number of amides is 1. The van der Waals surface area contributed by atoms with Gasteiger partial charge in [-0.05, 0) is 32.1 Å². The number of nitrogens with one attached hydrogen (secondary N) is 1. The third-order valence-electron chi connectivity index (χ3n) is 3.53. The third kappa shape index (κ3) is 2.49. The highest BCUT2D eigenvalue weighted by Crippen LogP contribution is 2.23. The SMILES string of the molecule is N=C1CCCC1=C(N)C(=O)N1CCC(O)CC1. The highest BCUT2D eigenvalue weighted by molar-refractivity contribution is 6.07. The molecule has 1 saturated carbocycles. The van der Waals surface area contributed by atoms with Crippen molar-refractivity contribution in [2.75, 3.05) is 13.1 Å². The van der Waals surface area contributed by atoms with Gasteiger partial charge in [0.1, 0.15) is 5.70 Å². The van der Waals surface area contributed by atoms with Crippen LogP contribution in [0.2, 0.25) is 0 Å². The number of nitrogens with zero attached hydrogens (tertiary/aromatic N) is 1. The molecule has 2 aliphatic rings. The Morgan fingerprint density at radius 1 is 1.35 bits per heavy atom. The van der Waals surface area contributed by atoms with Gasteiger partial charge in [-0.1, -0.05) is 0 Å². The molecule has 5 heteroatoms. The van der Waals surface area contributed by atoms with E-state index in [1.165, 1.54) is 0 Å². The van der Waals surface area contributed by atoms with Crippen LogP contribution >= 0.6 is 0 Å². The Balaban J connectivity index is 2.07. The molecule has 0 radical (unpaired) electrons. The molecule has 5 nitrogen and oxygen atoms in total. The van der Waals surface area contributed by atoms with Gasteiger partial charge < -0.3 is 21.1 Å². The van der Waals surface area contributed by atoms with Crippen LogP contribution in [-0.2, 0) is 4.79 Å². The van der Waals surface area contributed by atoms with Crippen LogP contribution in [-0.4, -0.2) is 40.8 Å². The van der Waals surface area contributed by atoms with Gasteiger partial charge in [-0.25, -0.2) is 0 Å². The minimum atomic E-state index is -0.294. The van der Waals surface area contributed by atoms with Gasteiger partial charge in [-0.3, -0.25) is 4.79 Å². The molecule has 1 heterocycles. The fourth-order valence-corrected chi connectivity index (χ4v) is 2.41. The van der Waals surface area contributed by atoms with Crippen molar-refractivity contribution in [1.29, 1.82) is 5.41 Å². The number of rotatable bonds is 1. The zero-order chi connectivity index (χ0) is 12.4. The molecule has 94 valence electrons. The fourth-order valence-electron chi connectivity index (χ4n) is 2.41. The molecular formula is C12H19N3O2. The Kier molecular flexibility index (Phi) is 3.47. The number of allylic oxidation sites excluding steroid dienone is 1. The summed E-state index contributed by atoms with van der Waals surface area (Å²) in [5.41, 5.74) is 7.33. The van der Waals surface area contributed by atoms with Crippen molar-refractivity contribution in [3.05, 3.63) is 11.3 Å². The predicted octanol–water partition coefficient (Wildman–Crippen LogP) is 0.386. The molecule has 0 unspecified atom stereocenters. The van der Waals surface area contributed by atoms with Crippen LogP contribution in [0.25, 0.3) is 0 Å². The summed E-state index contributed by atoms with van der Waals surface area (Å²) in [6.07, 6.45) is 3.32. The molecule has 1 amide bonds. The zero-order valence-electron chi connectivity index (χ0n) is 9.91. The Morgan fingerprint density at radius 3 is 2.53 bits per heavy atom. The summed E-state index contributed by atoms with van der Waals surface area (Å²) >= 11 is 0. The highest BCUT2D eigenvalue weighted by Gasteiger charge is 2.26. The van der Waals surface area contributed by atoms with Crippen molar-refractivity contribution < 1.29 is 9.90 Å². The maximum atomic E-state index is 12.1. The summed E-state index contributed by atoms with van der Waals surface area (Å²) in [5, 5.41) is 17.1. The standard InChI is InChI=1S/C12H19N3O2/c13-10-3-1-2-9(10)11(14)12(17)15-6-4-8(16)5-7-15/h8,13,16H,1-7,14H2. The molecule has 2 fully saturated rings. The molecule has 1 aliphatic carbocycles. The van der Waals surface area contributed by atoms with Gasteiger partial charge in [-0.15, -0.1) is 0 Å². The summed E-state index contributed by atoms with van der Waals surface area (Å²) < 4.78 is 0. The third-order valence-corrected chi connectivity index (χ3v) is 3.53. The van der Waals surface area contributed by atoms with Crippen LogP contribution < -0.4 is 5.73 Å². The summed E-state index contributed by atoms with van der Waals surface area (Å²) in [6, 6.07) is 0. The van der Waals surface area contributed by atoms with Crippen LogP contribution in [0.1, 0.15) is 32.1 Å². The molecule has 1 saturated heterocycles. The summed E-state index contributed by atoms with van der Waals surface area (Å²) in [7, 11) is 0. The predicted molar refractivity (Wildman–Crippen MR) is 64.6 cm³/mol. The second-order valence-corrected chi connectivity index (χ2v) is 4.75. The number of carbonyl (C=O) groups excluding carboxylic acids is 1. The average Bonchev–Trinajstić information content (AvgIpc) is 2.74. The Morgan fingerprint density at radius 2 is 2.00 bits per heavy atom. The Hall–Kier alpha value is -1.36. The van der Waals surface area contributed by atoms with Gasteiger partial charge in [0, 0.05) is 24.4 Å². The van der Waals surface area contributed by atoms with Gasteiger partial charge >= 0.3 is 0 Å². The molecule has 4 N–H and O–H groups in total. The number of carbonyl (C=O) groups is 1. The van der Waals surface area contributed by atoms with Crippen molar-refractivity contribution in [3.8, 4) is 0 Å². The van der Waals surface area contributed by atoms with E-state index < -0.39 is 0 Å². The fraction of sp³-hybridized carbons (Fsp3) is 0.667. The Labute approximate surface area is 101 Å². The van der Waals surface area contributed by atoms with Crippen molar-refractivity contribution in [2.45, 2.75) is 38.2 Å². The first-order valence-electron chi connectivity index (χ1n) is 6.13. The smallest absolute Gasteiger partial charge is 0.270 e. The molecule has 0 aromatic carbocycles. The molecule has 0 spiro atoms. The van der Waals surface area contributed by atoms with Crippen LogP contribution in [0, 0.1) is 5.41 Å². The number of piperidine rings is 1. The van der Waals surface area contributed by atoms with Gasteiger partial charge in [0.25, 0.3) is 5.91 Å². The van der Waals surface area contributed by atoms with E-state index >= 15 is 0 Å². The molecule has 0 aromatic heterocycles. The number of nitrogens with two attached hydrogens (primary N) is 1. The second-order valence-electron chi connectivity index (χ2n) is 4.75. The summed E-state index contributed by atoms with van der Waals surface area (Å²) in [5.74, 6) is -0.168. The number of aliphatic hydroxyl groups excluding tert-OH is 1. The quantitative estimate of drug-likeness (QED) is 0.576. The lowest BCUT2D eigenvalue weighted by Gasteiger charge is -2.30. The van der Waals surface area contributed by atoms with Crippen LogP contribution in [0.15, 0.2) is 11.3 Å². The molecular weight excluding hydrogens is 218 g/mol. The minimum Gasteiger partial charge on any atom is -0.394 e.